The first-order valence-corrected chi connectivity index (χ1v) is 7.21. The number of thiazole rings is 1. The highest BCUT2D eigenvalue weighted by atomic mass is 79.9. The van der Waals surface area contributed by atoms with Crippen molar-refractivity contribution < 1.29 is 0 Å². The normalized spacial score (nSPS) is 11.2. The number of nitrogens with zero attached hydrogens (tertiary/aromatic N) is 3. The summed E-state index contributed by atoms with van der Waals surface area (Å²) in [6, 6.07) is 5.98. The van der Waals surface area contributed by atoms with Gasteiger partial charge in [-0.15, -0.1) is 11.3 Å². The minimum Gasteiger partial charge on any atom is -0.369 e. The molecule has 2 aromatic heterocycles. The quantitative estimate of drug-likeness (QED) is 0.806. The third kappa shape index (κ3) is 2.13. The molecule has 6 heteroatoms. The van der Waals surface area contributed by atoms with E-state index >= 15 is 0 Å². The Morgan fingerprint density at radius 2 is 2.28 bits per heavy atom. The summed E-state index contributed by atoms with van der Waals surface area (Å²) in [5, 5.41) is 3.10. The number of nitrogen functional groups attached to an aromatic ring is 1. The van der Waals surface area contributed by atoms with Gasteiger partial charge in [0.05, 0.1) is 16.0 Å². The van der Waals surface area contributed by atoms with Gasteiger partial charge in [0, 0.05) is 29.0 Å². The zero-order valence-electron chi connectivity index (χ0n) is 9.51. The monoisotopic (exact) mass is 322 g/mol. The molecule has 0 spiro atoms. The highest BCUT2D eigenvalue weighted by molar-refractivity contribution is 9.10. The van der Waals surface area contributed by atoms with Crippen LogP contribution < -0.4 is 5.73 Å². The third-order valence-corrected chi connectivity index (χ3v) is 4.11. The van der Waals surface area contributed by atoms with E-state index in [1.807, 2.05) is 34.3 Å². The molecule has 0 aliphatic heterocycles. The van der Waals surface area contributed by atoms with Crippen molar-refractivity contribution in [3.63, 3.8) is 0 Å². The van der Waals surface area contributed by atoms with Crippen molar-refractivity contribution in [2.75, 3.05) is 5.73 Å². The van der Waals surface area contributed by atoms with E-state index in [-0.39, 0.29) is 0 Å². The van der Waals surface area contributed by atoms with Crippen LogP contribution in [-0.4, -0.2) is 14.5 Å². The zero-order valence-corrected chi connectivity index (χ0v) is 11.9. The summed E-state index contributed by atoms with van der Waals surface area (Å²) in [6.07, 6.45) is 2.70. The first-order chi connectivity index (χ1) is 8.74. The van der Waals surface area contributed by atoms with Crippen LogP contribution in [0.1, 0.15) is 5.01 Å². The first kappa shape index (κ1) is 11.7. The molecule has 0 bridgehead atoms. The molecule has 92 valence electrons. The fraction of sp³-hybridized carbons (Fsp3) is 0.167. The maximum absolute atomic E-state index is 5.96. The molecular formula is C12H11BrN4S. The van der Waals surface area contributed by atoms with Crippen molar-refractivity contribution in [1.29, 1.82) is 0 Å². The van der Waals surface area contributed by atoms with Crippen molar-refractivity contribution >= 4 is 44.2 Å². The van der Waals surface area contributed by atoms with Crippen LogP contribution in [0, 0.1) is 0 Å². The number of nitrogens with two attached hydrogens (primary N) is 1. The summed E-state index contributed by atoms with van der Waals surface area (Å²) < 4.78 is 3.06. The standard InChI is InChI=1S/C12H11BrN4S/c13-8-1-2-9-10(7-8)17(12(14)16-9)5-3-11-15-4-6-18-11/h1-2,4,6-7H,3,5H2,(H2,14,16). The van der Waals surface area contributed by atoms with E-state index in [0.29, 0.717) is 5.95 Å². The van der Waals surface area contributed by atoms with Crippen LogP contribution in [0.5, 0.6) is 0 Å². The van der Waals surface area contributed by atoms with E-state index in [4.69, 9.17) is 5.73 Å². The average molecular weight is 323 g/mol. The largest absolute Gasteiger partial charge is 0.369 e. The molecule has 0 aliphatic carbocycles. The Morgan fingerprint density at radius 1 is 1.39 bits per heavy atom. The van der Waals surface area contributed by atoms with Gasteiger partial charge in [-0.05, 0) is 18.2 Å². The summed E-state index contributed by atoms with van der Waals surface area (Å²) in [4.78, 5) is 8.63. The van der Waals surface area contributed by atoms with Crippen molar-refractivity contribution in [3.8, 4) is 0 Å². The molecule has 1 aromatic carbocycles. The highest BCUT2D eigenvalue weighted by Crippen LogP contribution is 2.22. The van der Waals surface area contributed by atoms with Crippen LogP contribution in [0.3, 0.4) is 0 Å². The van der Waals surface area contributed by atoms with Crippen LogP contribution in [0.15, 0.2) is 34.2 Å². The summed E-state index contributed by atoms with van der Waals surface area (Å²) in [6.45, 7) is 0.798. The second-order valence-corrected chi connectivity index (χ2v) is 5.83. The number of halogens is 1. The Balaban J connectivity index is 1.95. The van der Waals surface area contributed by atoms with Gasteiger partial charge < -0.3 is 10.3 Å². The molecule has 0 saturated heterocycles. The summed E-state index contributed by atoms with van der Waals surface area (Å²) >= 11 is 5.14. The van der Waals surface area contributed by atoms with Crippen LogP contribution in [0.2, 0.25) is 0 Å². The zero-order chi connectivity index (χ0) is 12.5. The minimum atomic E-state index is 0.555. The number of anilines is 1. The predicted octanol–water partition coefficient (Wildman–Crippen LogP) is 3.08. The summed E-state index contributed by atoms with van der Waals surface area (Å²) in [7, 11) is 0. The van der Waals surface area contributed by atoms with Crippen molar-refractivity contribution in [2.24, 2.45) is 0 Å². The number of aryl methyl sites for hydroxylation is 2. The van der Waals surface area contributed by atoms with E-state index in [0.717, 1.165) is 33.5 Å². The second kappa shape index (κ2) is 4.70. The van der Waals surface area contributed by atoms with Crippen LogP contribution >= 0.6 is 27.3 Å². The van der Waals surface area contributed by atoms with Crippen molar-refractivity contribution in [1.82, 2.24) is 14.5 Å². The maximum atomic E-state index is 5.96. The lowest BCUT2D eigenvalue weighted by molar-refractivity contribution is 0.722. The van der Waals surface area contributed by atoms with Crippen molar-refractivity contribution in [2.45, 2.75) is 13.0 Å². The van der Waals surface area contributed by atoms with Gasteiger partial charge in [-0.25, -0.2) is 9.97 Å². The number of hydrogen-bond acceptors (Lipinski definition) is 4. The molecule has 0 amide bonds. The van der Waals surface area contributed by atoms with E-state index in [1.165, 1.54) is 0 Å². The molecule has 2 heterocycles. The molecule has 0 saturated carbocycles. The molecular weight excluding hydrogens is 312 g/mol. The van der Waals surface area contributed by atoms with Gasteiger partial charge in [0.1, 0.15) is 0 Å². The predicted molar refractivity (Wildman–Crippen MR) is 77.7 cm³/mol. The van der Waals surface area contributed by atoms with E-state index in [1.54, 1.807) is 11.3 Å². The number of aromatic nitrogens is 3. The molecule has 0 unspecified atom stereocenters. The first-order valence-electron chi connectivity index (χ1n) is 5.53. The van der Waals surface area contributed by atoms with Crippen LogP contribution in [0.4, 0.5) is 5.95 Å². The molecule has 4 nitrogen and oxygen atoms in total. The number of rotatable bonds is 3. The number of benzene rings is 1. The van der Waals surface area contributed by atoms with E-state index in [9.17, 15) is 0 Å². The SMILES string of the molecule is Nc1nc2ccc(Br)cc2n1CCc1nccs1. The van der Waals surface area contributed by atoms with Gasteiger partial charge in [0.2, 0.25) is 5.95 Å². The average Bonchev–Trinajstić information content (AvgIpc) is 2.94. The van der Waals surface area contributed by atoms with Gasteiger partial charge in [-0.2, -0.15) is 0 Å². The van der Waals surface area contributed by atoms with Gasteiger partial charge in [0.25, 0.3) is 0 Å². The Morgan fingerprint density at radius 3 is 3.06 bits per heavy atom. The molecule has 0 aliphatic rings. The van der Waals surface area contributed by atoms with Gasteiger partial charge in [-0.3, -0.25) is 0 Å². The molecule has 0 radical (unpaired) electrons. The van der Waals surface area contributed by atoms with Gasteiger partial charge in [-0.1, -0.05) is 15.9 Å². The Hall–Kier alpha value is -1.40. The Bertz CT molecular complexity index is 675. The van der Waals surface area contributed by atoms with E-state index < -0.39 is 0 Å². The topological polar surface area (TPSA) is 56.7 Å². The molecule has 18 heavy (non-hydrogen) atoms. The fourth-order valence-corrected chi connectivity index (χ4v) is 2.89. The maximum Gasteiger partial charge on any atom is 0.201 e. The third-order valence-electron chi connectivity index (χ3n) is 2.77. The molecule has 3 aromatic rings. The highest BCUT2D eigenvalue weighted by Gasteiger charge is 2.08. The van der Waals surface area contributed by atoms with Gasteiger partial charge >= 0.3 is 0 Å². The summed E-state index contributed by atoms with van der Waals surface area (Å²) in [5.74, 6) is 0.555. The minimum absolute atomic E-state index is 0.555. The Labute approximate surface area is 117 Å². The lowest BCUT2D eigenvalue weighted by Crippen LogP contribution is -2.05. The lowest BCUT2D eigenvalue weighted by atomic mass is 10.3. The molecule has 2 N–H and O–H groups in total. The number of imidazole rings is 1. The Kier molecular flexibility index (Phi) is 3.05. The van der Waals surface area contributed by atoms with Crippen LogP contribution in [-0.2, 0) is 13.0 Å². The van der Waals surface area contributed by atoms with Crippen LogP contribution in [0.25, 0.3) is 11.0 Å². The smallest absolute Gasteiger partial charge is 0.201 e. The fourth-order valence-electron chi connectivity index (χ4n) is 1.93. The van der Waals surface area contributed by atoms with E-state index in [2.05, 4.69) is 25.9 Å². The molecule has 0 atom stereocenters. The number of fused-ring (bicyclic) bond motifs is 1. The number of hydrogen-bond donors (Lipinski definition) is 1. The van der Waals surface area contributed by atoms with Gasteiger partial charge in [0.15, 0.2) is 0 Å². The second-order valence-electron chi connectivity index (χ2n) is 3.93. The lowest BCUT2D eigenvalue weighted by Gasteiger charge is -2.04. The summed E-state index contributed by atoms with van der Waals surface area (Å²) in [5.41, 5.74) is 7.94. The molecule has 3 rings (SSSR count). The molecule has 0 fully saturated rings. The van der Waals surface area contributed by atoms with Crippen molar-refractivity contribution in [3.05, 3.63) is 39.3 Å².